The first-order valence-corrected chi connectivity index (χ1v) is 11.0. The van der Waals surface area contributed by atoms with Crippen LogP contribution in [0, 0.1) is 18.3 Å². The van der Waals surface area contributed by atoms with Gasteiger partial charge in [0.05, 0.1) is 22.3 Å². The topological polar surface area (TPSA) is 79.8 Å². The molecular formula is C25H14ClN3O2S. The van der Waals surface area contributed by atoms with E-state index < -0.39 is 5.63 Å². The van der Waals surface area contributed by atoms with Gasteiger partial charge in [-0.15, -0.1) is 11.3 Å². The molecule has 0 bridgehead atoms. The van der Waals surface area contributed by atoms with Crippen LogP contribution in [0.2, 0.25) is 5.15 Å². The number of halogens is 1. The molecule has 0 saturated heterocycles. The maximum absolute atomic E-state index is 12.5. The predicted molar refractivity (Wildman–Crippen MR) is 129 cm³/mol. The van der Waals surface area contributed by atoms with Gasteiger partial charge in [0, 0.05) is 21.7 Å². The number of hydrogen-bond donors (Lipinski definition) is 0. The van der Waals surface area contributed by atoms with Crippen LogP contribution in [0.4, 0.5) is 0 Å². The van der Waals surface area contributed by atoms with Gasteiger partial charge in [0.1, 0.15) is 21.8 Å². The van der Waals surface area contributed by atoms with E-state index in [1.54, 1.807) is 23.6 Å². The van der Waals surface area contributed by atoms with Crippen LogP contribution < -0.4 is 5.63 Å². The summed E-state index contributed by atoms with van der Waals surface area (Å²) in [4.78, 5) is 21.4. The Morgan fingerprint density at radius 1 is 1.12 bits per heavy atom. The highest BCUT2D eigenvalue weighted by Crippen LogP contribution is 2.29. The molecule has 0 radical (unpaired) electrons. The summed E-state index contributed by atoms with van der Waals surface area (Å²) in [6.45, 7) is 1.99. The van der Waals surface area contributed by atoms with Crippen molar-refractivity contribution in [2.75, 3.05) is 0 Å². The van der Waals surface area contributed by atoms with Gasteiger partial charge in [-0.05, 0) is 42.8 Å². The molecule has 0 aliphatic rings. The second-order valence-electron chi connectivity index (χ2n) is 7.26. The van der Waals surface area contributed by atoms with Crippen molar-refractivity contribution in [1.29, 1.82) is 5.26 Å². The van der Waals surface area contributed by atoms with Crippen LogP contribution in [0.1, 0.15) is 16.1 Å². The largest absolute Gasteiger partial charge is 0.422 e. The molecule has 5 aromatic rings. The minimum Gasteiger partial charge on any atom is -0.422 e. The summed E-state index contributed by atoms with van der Waals surface area (Å²) >= 11 is 7.66. The van der Waals surface area contributed by atoms with Crippen molar-refractivity contribution >= 4 is 56.5 Å². The fourth-order valence-electron chi connectivity index (χ4n) is 3.43. The minimum atomic E-state index is -0.472. The Morgan fingerprint density at radius 3 is 2.81 bits per heavy atom. The first-order valence-electron chi connectivity index (χ1n) is 9.70. The Morgan fingerprint density at radius 2 is 1.97 bits per heavy atom. The van der Waals surface area contributed by atoms with Crippen LogP contribution in [0.5, 0.6) is 0 Å². The summed E-state index contributed by atoms with van der Waals surface area (Å²) in [6.07, 6.45) is 1.67. The van der Waals surface area contributed by atoms with Crippen molar-refractivity contribution in [2.45, 2.75) is 6.92 Å². The Bertz CT molecular complexity index is 1640. The highest BCUT2D eigenvalue weighted by atomic mass is 35.5. The number of pyridine rings is 1. The fourth-order valence-corrected chi connectivity index (χ4v) is 4.42. The van der Waals surface area contributed by atoms with E-state index in [2.05, 4.69) is 16.0 Å². The maximum atomic E-state index is 12.5. The lowest BCUT2D eigenvalue weighted by molar-refractivity contribution is 0.563. The number of fused-ring (bicyclic) bond motifs is 2. The first-order chi connectivity index (χ1) is 15.5. The standard InChI is InChI=1S/C25H14ClN3O2S/c1-14-6-7-15-9-17(23(26)28-20(15)8-14)10-18(12-27)24-29-21(13-32-24)19-11-16-4-2-3-5-22(16)31-25(19)30/h2-11,13H,1H3. The molecule has 0 spiro atoms. The number of para-hydroxylation sites is 1. The first kappa shape index (κ1) is 20.1. The smallest absolute Gasteiger partial charge is 0.345 e. The lowest BCUT2D eigenvalue weighted by atomic mass is 10.1. The highest BCUT2D eigenvalue weighted by Gasteiger charge is 2.14. The van der Waals surface area contributed by atoms with Crippen LogP contribution in [0.25, 0.3) is 44.8 Å². The summed E-state index contributed by atoms with van der Waals surface area (Å²) < 4.78 is 5.41. The van der Waals surface area contributed by atoms with Crippen molar-refractivity contribution in [3.05, 3.63) is 91.7 Å². The Hall–Kier alpha value is -3.79. The molecule has 0 saturated carbocycles. The lowest BCUT2D eigenvalue weighted by Crippen LogP contribution is -2.02. The summed E-state index contributed by atoms with van der Waals surface area (Å²) in [5, 5.41) is 14.0. The molecule has 5 rings (SSSR count). The third-order valence-corrected chi connectivity index (χ3v) is 6.20. The van der Waals surface area contributed by atoms with E-state index in [1.807, 2.05) is 49.4 Å². The molecule has 154 valence electrons. The number of nitrogens with zero attached hydrogens (tertiary/aromatic N) is 3. The van der Waals surface area contributed by atoms with Gasteiger partial charge >= 0.3 is 5.63 Å². The van der Waals surface area contributed by atoms with Gasteiger partial charge in [-0.1, -0.05) is 41.9 Å². The van der Waals surface area contributed by atoms with Crippen LogP contribution in [0.15, 0.2) is 69.2 Å². The molecule has 0 atom stereocenters. The Balaban J connectivity index is 1.56. The van der Waals surface area contributed by atoms with Crippen LogP contribution in [0.3, 0.4) is 0 Å². The molecule has 0 N–H and O–H groups in total. The molecule has 0 aliphatic carbocycles. The van der Waals surface area contributed by atoms with E-state index in [0.29, 0.717) is 38.1 Å². The number of allylic oxidation sites excluding steroid dienone is 1. The average molecular weight is 456 g/mol. The normalized spacial score (nSPS) is 11.7. The third kappa shape index (κ3) is 3.69. The zero-order valence-corrected chi connectivity index (χ0v) is 18.4. The zero-order valence-electron chi connectivity index (χ0n) is 16.8. The second kappa shape index (κ2) is 8.04. The molecular weight excluding hydrogens is 442 g/mol. The number of nitriles is 1. The molecule has 3 aromatic heterocycles. The Kier molecular flexibility index (Phi) is 5.06. The van der Waals surface area contributed by atoms with Crippen molar-refractivity contribution < 1.29 is 4.42 Å². The number of thiazole rings is 1. The van der Waals surface area contributed by atoms with Gasteiger partial charge in [0.15, 0.2) is 0 Å². The molecule has 0 amide bonds. The van der Waals surface area contributed by atoms with Gasteiger partial charge in [0.2, 0.25) is 0 Å². The third-order valence-electron chi connectivity index (χ3n) is 5.03. The van der Waals surface area contributed by atoms with E-state index in [9.17, 15) is 10.1 Å². The quantitative estimate of drug-likeness (QED) is 0.176. The van der Waals surface area contributed by atoms with Gasteiger partial charge < -0.3 is 4.42 Å². The second-order valence-corrected chi connectivity index (χ2v) is 8.47. The minimum absolute atomic E-state index is 0.308. The van der Waals surface area contributed by atoms with E-state index in [0.717, 1.165) is 21.9 Å². The van der Waals surface area contributed by atoms with Crippen molar-refractivity contribution in [3.63, 3.8) is 0 Å². The number of benzene rings is 2. The molecule has 5 nitrogen and oxygen atoms in total. The Labute approximate surface area is 191 Å². The summed E-state index contributed by atoms with van der Waals surface area (Å²) in [5.74, 6) is 0. The number of aryl methyl sites for hydroxylation is 1. The van der Waals surface area contributed by atoms with Gasteiger partial charge in [-0.25, -0.2) is 14.8 Å². The number of aromatic nitrogens is 2. The van der Waals surface area contributed by atoms with Gasteiger partial charge in [0.25, 0.3) is 0 Å². The zero-order chi connectivity index (χ0) is 22.2. The van der Waals surface area contributed by atoms with Crippen molar-refractivity contribution in [1.82, 2.24) is 9.97 Å². The van der Waals surface area contributed by atoms with E-state index in [-0.39, 0.29) is 0 Å². The molecule has 0 unspecified atom stereocenters. The SMILES string of the molecule is Cc1ccc2cc(C=C(C#N)c3nc(-c4cc5ccccc5oc4=O)cs3)c(Cl)nc2c1. The number of hydrogen-bond acceptors (Lipinski definition) is 6. The predicted octanol–water partition coefficient (Wildman–Crippen LogP) is 6.49. The maximum Gasteiger partial charge on any atom is 0.345 e. The molecule has 2 aromatic carbocycles. The molecule has 0 fully saturated rings. The van der Waals surface area contributed by atoms with Gasteiger partial charge in [-0.2, -0.15) is 5.26 Å². The van der Waals surface area contributed by atoms with E-state index in [4.69, 9.17) is 16.0 Å². The molecule has 0 aliphatic heterocycles. The lowest BCUT2D eigenvalue weighted by Gasteiger charge is -2.04. The summed E-state index contributed by atoms with van der Waals surface area (Å²) in [7, 11) is 0. The van der Waals surface area contributed by atoms with Gasteiger partial charge in [-0.3, -0.25) is 0 Å². The van der Waals surface area contributed by atoms with Crippen LogP contribution in [-0.2, 0) is 0 Å². The van der Waals surface area contributed by atoms with E-state index >= 15 is 0 Å². The highest BCUT2D eigenvalue weighted by molar-refractivity contribution is 7.11. The monoisotopic (exact) mass is 455 g/mol. The number of rotatable bonds is 3. The van der Waals surface area contributed by atoms with E-state index in [1.165, 1.54) is 11.3 Å². The molecule has 7 heteroatoms. The van der Waals surface area contributed by atoms with Crippen LogP contribution in [-0.4, -0.2) is 9.97 Å². The van der Waals surface area contributed by atoms with Crippen molar-refractivity contribution in [2.24, 2.45) is 0 Å². The summed E-state index contributed by atoms with van der Waals surface area (Å²) in [5.41, 5.74) is 3.71. The average Bonchev–Trinajstić information content (AvgIpc) is 3.27. The molecule has 32 heavy (non-hydrogen) atoms. The fraction of sp³-hybridized carbons (Fsp3) is 0.0400. The summed E-state index contributed by atoms with van der Waals surface area (Å²) in [6, 6.07) is 19.1. The van der Waals surface area contributed by atoms with Crippen molar-refractivity contribution in [3.8, 4) is 17.3 Å². The molecule has 3 heterocycles. The van der Waals surface area contributed by atoms with Crippen LogP contribution >= 0.6 is 22.9 Å².